The van der Waals surface area contributed by atoms with Gasteiger partial charge in [0.25, 0.3) is 0 Å². The number of benzene rings is 1. The molecule has 4 rings (SSSR count). The largest absolute Gasteiger partial charge is 0.490 e. The van der Waals surface area contributed by atoms with E-state index in [1.807, 2.05) is 30.5 Å². The molecule has 3 heterocycles. The highest BCUT2D eigenvalue weighted by atomic mass is 16.5. The predicted molar refractivity (Wildman–Crippen MR) is 72.4 cm³/mol. The number of hydrogen-bond acceptors (Lipinski definition) is 4. The summed E-state index contributed by atoms with van der Waals surface area (Å²) in [6, 6.07) is 9.94. The molecule has 0 unspecified atom stereocenters. The molecule has 5 nitrogen and oxygen atoms in total. The molecule has 0 radical (unpaired) electrons. The summed E-state index contributed by atoms with van der Waals surface area (Å²) in [5, 5.41) is 7.48. The van der Waals surface area contributed by atoms with Gasteiger partial charge in [-0.2, -0.15) is 5.10 Å². The molecule has 0 saturated carbocycles. The summed E-state index contributed by atoms with van der Waals surface area (Å²) >= 11 is 0. The van der Waals surface area contributed by atoms with Crippen molar-refractivity contribution in [2.45, 2.75) is 0 Å². The molecule has 1 aromatic carbocycles. The van der Waals surface area contributed by atoms with Crippen LogP contribution in [0, 0.1) is 0 Å². The molecule has 5 heteroatoms. The van der Waals surface area contributed by atoms with E-state index in [1.165, 1.54) is 0 Å². The van der Waals surface area contributed by atoms with Crippen molar-refractivity contribution in [1.29, 1.82) is 0 Å². The molecule has 2 aromatic heterocycles. The van der Waals surface area contributed by atoms with Crippen molar-refractivity contribution in [2.75, 3.05) is 18.5 Å². The summed E-state index contributed by atoms with van der Waals surface area (Å²) in [5.74, 6) is 0.903. The van der Waals surface area contributed by atoms with Crippen molar-refractivity contribution in [1.82, 2.24) is 14.6 Å². The van der Waals surface area contributed by atoms with Gasteiger partial charge in [0.2, 0.25) is 0 Å². The molecule has 0 fully saturated rings. The lowest BCUT2D eigenvalue weighted by atomic mass is 10.1. The van der Waals surface area contributed by atoms with E-state index in [0.29, 0.717) is 6.61 Å². The van der Waals surface area contributed by atoms with Gasteiger partial charge < -0.3 is 10.1 Å². The van der Waals surface area contributed by atoms with Crippen LogP contribution in [0.3, 0.4) is 0 Å². The Morgan fingerprint density at radius 3 is 3.21 bits per heavy atom. The van der Waals surface area contributed by atoms with Gasteiger partial charge in [0.15, 0.2) is 5.65 Å². The van der Waals surface area contributed by atoms with Gasteiger partial charge in [-0.3, -0.25) is 0 Å². The molecule has 0 bridgehead atoms. The van der Waals surface area contributed by atoms with E-state index in [9.17, 15) is 0 Å². The van der Waals surface area contributed by atoms with Crippen LogP contribution in [0.4, 0.5) is 5.69 Å². The smallest absolute Gasteiger partial charge is 0.155 e. The first-order chi connectivity index (χ1) is 9.40. The molecule has 19 heavy (non-hydrogen) atoms. The zero-order chi connectivity index (χ0) is 12.7. The number of anilines is 1. The Kier molecular flexibility index (Phi) is 2.17. The first kappa shape index (κ1) is 10.4. The van der Waals surface area contributed by atoms with E-state index in [-0.39, 0.29) is 0 Å². The van der Waals surface area contributed by atoms with Crippen LogP contribution in [0.25, 0.3) is 16.9 Å². The van der Waals surface area contributed by atoms with E-state index in [1.54, 1.807) is 10.7 Å². The second-order valence-electron chi connectivity index (χ2n) is 4.43. The Labute approximate surface area is 109 Å². The van der Waals surface area contributed by atoms with Crippen LogP contribution < -0.4 is 10.1 Å². The van der Waals surface area contributed by atoms with Gasteiger partial charge >= 0.3 is 0 Å². The number of ether oxygens (including phenoxy) is 1. The van der Waals surface area contributed by atoms with Crippen LogP contribution in [0.5, 0.6) is 5.75 Å². The summed E-state index contributed by atoms with van der Waals surface area (Å²) < 4.78 is 7.33. The molecule has 0 spiro atoms. The molecule has 0 atom stereocenters. The molecule has 0 amide bonds. The van der Waals surface area contributed by atoms with E-state index in [0.717, 1.165) is 34.9 Å². The van der Waals surface area contributed by atoms with Crippen LogP contribution in [0.2, 0.25) is 0 Å². The van der Waals surface area contributed by atoms with Crippen LogP contribution in [0.15, 0.2) is 42.7 Å². The van der Waals surface area contributed by atoms with Gasteiger partial charge in [-0.15, -0.1) is 0 Å². The van der Waals surface area contributed by atoms with Crippen molar-refractivity contribution in [3.63, 3.8) is 0 Å². The normalized spacial score (nSPS) is 13.7. The van der Waals surface area contributed by atoms with Crippen LogP contribution >= 0.6 is 0 Å². The molecular formula is C14H12N4O. The number of nitrogens with zero attached hydrogens (tertiary/aromatic N) is 3. The number of rotatable bonds is 1. The molecule has 1 aliphatic rings. The highest BCUT2D eigenvalue weighted by molar-refractivity contribution is 5.71. The Morgan fingerprint density at radius 2 is 2.21 bits per heavy atom. The molecule has 1 N–H and O–H groups in total. The molecule has 94 valence electrons. The van der Waals surface area contributed by atoms with Crippen LogP contribution in [-0.4, -0.2) is 27.7 Å². The lowest BCUT2D eigenvalue weighted by Gasteiger charge is -2.19. The Morgan fingerprint density at radius 1 is 1.21 bits per heavy atom. The quantitative estimate of drug-likeness (QED) is 0.721. The first-order valence-electron chi connectivity index (χ1n) is 6.22. The minimum absolute atomic E-state index is 0.715. The van der Waals surface area contributed by atoms with Gasteiger partial charge in [-0.1, -0.05) is 0 Å². The maximum Gasteiger partial charge on any atom is 0.155 e. The summed E-state index contributed by atoms with van der Waals surface area (Å²) in [5.41, 5.74) is 3.88. The minimum atomic E-state index is 0.715. The number of hydrogen-bond donors (Lipinski definition) is 1. The fourth-order valence-electron chi connectivity index (χ4n) is 2.27. The highest BCUT2D eigenvalue weighted by Gasteiger charge is 2.11. The summed E-state index contributed by atoms with van der Waals surface area (Å²) in [6.07, 6.45) is 3.66. The minimum Gasteiger partial charge on any atom is -0.490 e. The number of fused-ring (bicyclic) bond motifs is 2. The van der Waals surface area contributed by atoms with Crippen molar-refractivity contribution < 1.29 is 4.74 Å². The molecule has 0 saturated heterocycles. The molecule has 0 aliphatic carbocycles. The Balaban J connectivity index is 1.82. The SMILES string of the molecule is c1cc2nc(-c3ccc4c(c3)NCCO4)ccn2n1. The summed E-state index contributed by atoms with van der Waals surface area (Å²) in [4.78, 5) is 4.59. The van der Waals surface area contributed by atoms with E-state index < -0.39 is 0 Å². The van der Waals surface area contributed by atoms with E-state index in [4.69, 9.17) is 4.74 Å². The molecular weight excluding hydrogens is 240 g/mol. The van der Waals surface area contributed by atoms with Crippen molar-refractivity contribution >= 4 is 11.3 Å². The second kappa shape index (κ2) is 3.98. The lowest BCUT2D eigenvalue weighted by Crippen LogP contribution is -2.17. The highest BCUT2D eigenvalue weighted by Crippen LogP contribution is 2.31. The van der Waals surface area contributed by atoms with Crippen molar-refractivity contribution in [2.24, 2.45) is 0 Å². The number of nitrogens with one attached hydrogen (secondary N) is 1. The Bertz CT molecular complexity index is 750. The van der Waals surface area contributed by atoms with E-state index >= 15 is 0 Å². The van der Waals surface area contributed by atoms with E-state index in [2.05, 4.69) is 21.5 Å². The molecule has 1 aliphatic heterocycles. The van der Waals surface area contributed by atoms with Crippen molar-refractivity contribution in [3.05, 3.63) is 42.7 Å². The first-order valence-corrected chi connectivity index (χ1v) is 6.22. The fourth-order valence-corrected chi connectivity index (χ4v) is 2.27. The monoisotopic (exact) mass is 252 g/mol. The van der Waals surface area contributed by atoms with Gasteiger partial charge in [0.05, 0.1) is 17.6 Å². The summed E-state index contributed by atoms with van der Waals surface area (Å²) in [7, 11) is 0. The van der Waals surface area contributed by atoms with Gasteiger partial charge in [-0.05, 0) is 24.3 Å². The summed E-state index contributed by atoms with van der Waals surface area (Å²) in [6.45, 7) is 1.55. The van der Waals surface area contributed by atoms with Crippen LogP contribution in [0.1, 0.15) is 0 Å². The molecule has 3 aromatic rings. The average molecular weight is 252 g/mol. The predicted octanol–water partition coefficient (Wildman–Crippen LogP) is 2.20. The third-order valence-corrected chi connectivity index (χ3v) is 3.21. The standard InChI is InChI=1S/C14H12N4O/c1-2-13-12(15-6-8-19-13)9-10(1)11-4-7-18-14(17-11)3-5-16-18/h1-5,7,9,15H,6,8H2. The third kappa shape index (κ3) is 1.71. The zero-order valence-corrected chi connectivity index (χ0v) is 10.2. The second-order valence-corrected chi connectivity index (χ2v) is 4.43. The topological polar surface area (TPSA) is 51.5 Å². The lowest BCUT2D eigenvalue weighted by molar-refractivity contribution is 0.323. The van der Waals surface area contributed by atoms with Crippen molar-refractivity contribution in [3.8, 4) is 17.0 Å². The number of aromatic nitrogens is 3. The van der Waals surface area contributed by atoms with Gasteiger partial charge in [-0.25, -0.2) is 9.50 Å². The van der Waals surface area contributed by atoms with Gasteiger partial charge in [0, 0.05) is 24.4 Å². The fraction of sp³-hybridized carbons (Fsp3) is 0.143. The third-order valence-electron chi connectivity index (χ3n) is 3.21. The maximum absolute atomic E-state index is 5.58. The maximum atomic E-state index is 5.58. The van der Waals surface area contributed by atoms with Gasteiger partial charge in [0.1, 0.15) is 12.4 Å². The van der Waals surface area contributed by atoms with Crippen LogP contribution in [-0.2, 0) is 0 Å². The zero-order valence-electron chi connectivity index (χ0n) is 10.2. The average Bonchev–Trinajstić information content (AvgIpc) is 2.94. The Hall–Kier alpha value is -2.56.